The molecule has 1 aromatic carbocycles. The molecule has 0 radical (unpaired) electrons. The molecule has 0 bridgehead atoms. The molecular formula is C13H14N4S. The van der Waals surface area contributed by atoms with E-state index in [1.165, 1.54) is 0 Å². The number of nitrogens with zero attached hydrogens (tertiary/aromatic N) is 3. The van der Waals surface area contributed by atoms with Crippen molar-refractivity contribution < 1.29 is 0 Å². The lowest BCUT2D eigenvalue weighted by atomic mass is 10.1. The van der Waals surface area contributed by atoms with E-state index in [9.17, 15) is 0 Å². The Kier molecular flexibility index (Phi) is 3.58. The van der Waals surface area contributed by atoms with Gasteiger partial charge in [0.05, 0.1) is 23.2 Å². The van der Waals surface area contributed by atoms with Crippen molar-refractivity contribution in [2.75, 3.05) is 5.73 Å². The molecule has 2 N–H and O–H groups in total. The highest BCUT2D eigenvalue weighted by Gasteiger charge is 2.06. The lowest BCUT2D eigenvalue weighted by molar-refractivity contribution is 0.692. The SMILES string of the molecule is Cc1cc(Sc2ccc(N)c(CC#N)c2)n(C)n1. The van der Waals surface area contributed by atoms with Crippen LogP contribution >= 0.6 is 11.8 Å². The second-order valence-electron chi connectivity index (χ2n) is 4.05. The third kappa shape index (κ3) is 2.66. The first-order valence-corrected chi connectivity index (χ1v) is 6.35. The maximum absolute atomic E-state index is 8.75. The van der Waals surface area contributed by atoms with Crippen molar-refractivity contribution in [1.29, 1.82) is 5.26 Å². The third-order valence-electron chi connectivity index (χ3n) is 2.57. The maximum atomic E-state index is 8.75. The van der Waals surface area contributed by atoms with Crippen molar-refractivity contribution in [1.82, 2.24) is 9.78 Å². The predicted molar refractivity (Wildman–Crippen MR) is 72.2 cm³/mol. The first-order chi connectivity index (χ1) is 8.60. The molecule has 0 aliphatic heterocycles. The summed E-state index contributed by atoms with van der Waals surface area (Å²) >= 11 is 1.62. The van der Waals surface area contributed by atoms with Gasteiger partial charge in [-0.1, -0.05) is 11.8 Å². The van der Waals surface area contributed by atoms with Crippen molar-refractivity contribution in [2.45, 2.75) is 23.3 Å². The van der Waals surface area contributed by atoms with Crippen LogP contribution in [0.1, 0.15) is 11.3 Å². The maximum Gasteiger partial charge on any atom is 0.0986 e. The van der Waals surface area contributed by atoms with Crippen molar-refractivity contribution in [3.63, 3.8) is 0 Å². The smallest absolute Gasteiger partial charge is 0.0986 e. The van der Waals surface area contributed by atoms with Gasteiger partial charge in [-0.05, 0) is 36.8 Å². The standard InChI is InChI=1S/C13H14N4S/c1-9-7-13(17(2)16-9)18-11-3-4-12(15)10(8-11)5-6-14/h3-4,7-8H,5,15H2,1-2H3. The average Bonchev–Trinajstić information content (AvgIpc) is 2.62. The molecule has 1 aromatic heterocycles. The second-order valence-corrected chi connectivity index (χ2v) is 5.14. The fourth-order valence-electron chi connectivity index (χ4n) is 1.69. The Morgan fingerprint density at radius 1 is 1.44 bits per heavy atom. The van der Waals surface area contributed by atoms with Gasteiger partial charge in [0.1, 0.15) is 0 Å². The Hall–Kier alpha value is -1.93. The quantitative estimate of drug-likeness (QED) is 0.859. The van der Waals surface area contributed by atoms with E-state index in [0.717, 1.165) is 21.2 Å². The zero-order valence-electron chi connectivity index (χ0n) is 10.3. The molecule has 0 saturated heterocycles. The lowest BCUT2D eigenvalue weighted by Gasteiger charge is -2.06. The Bertz CT molecular complexity index is 610. The van der Waals surface area contributed by atoms with E-state index < -0.39 is 0 Å². The van der Waals surface area contributed by atoms with Crippen LogP contribution in [0.5, 0.6) is 0 Å². The van der Waals surface area contributed by atoms with Crippen molar-refractivity contribution in [3.05, 3.63) is 35.5 Å². The number of nitrogens with two attached hydrogens (primary N) is 1. The average molecular weight is 258 g/mol. The number of hydrogen-bond acceptors (Lipinski definition) is 4. The summed E-state index contributed by atoms with van der Waals surface area (Å²) in [5, 5.41) is 14.1. The van der Waals surface area contributed by atoms with E-state index in [-0.39, 0.29) is 0 Å². The van der Waals surface area contributed by atoms with Gasteiger partial charge in [0.2, 0.25) is 0 Å². The van der Waals surface area contributed by atoms with Gasteiger partial charge in [-0.2, -0.15) is 10.4 Å². The van der Waals surface area contributed by atoms with Crippen LogP contribution in [-0.2, 0) is 13.5 Å². The lowest BCUT2D eigenvalue weighted by Crippen LogP contribution is -1.95. The third-order valence-corrected chi connectivity index (χ3v) is 3.65. The summed E-state index contributed by atoms with van der Waals surface area (Å²) in [6.07, 6.45) is 0.338. The highest BCUT2D eigenvalue weighted by molar-refractivity contribution is 7.99. The molecule has 1 heterocycles. The van der Waals surface area contributed by atoms with Crippen LogP contribution in [0, 0.1) is 18.3 Å². The van der Waals surface area contributed by atoms with Crippen molar-refractivity contribution in [3.8, 4) is 6.07 Å². The molecule has 0 saturated carbocycles. The molecule has 2 rings (SSSR count). The van der Waals surface area contributed by atoms with Crippen LogP contribution in [0.15, 0.2) is 34.2 Å². The van der Waals surface area contributed by atoms with Gasteiger partial charge in [0, 0.05) is 17.6 Å². The summed E-state index contributed by atoms with van der Waals surface area (Å²) < 4.78 is 1.85. The Morgan fingerprint density at radius 3 is 2.83 bits per heavy atom. The number of nitriles is 1. The van der Waals surface area contributed by atoms with Gasteiger partial charge in [0.15, 0.2) is 0 Å². The zero-order valence-corrected chi connectivity index (χ0v) is 11.2. The molecule has 0 fully saturated rings. The molecule has 92 valence electrons. The minimum atomic E-state index is 0.338. The summed E-state index contributed by atoms with van der Waals surface area (Å²) in [5.41, 5.74) is 8.36. The molecule has 5 heteroatoms. The Balaban J connectivity index is 2.27. The van der Waals surface area contributed by atoms with E-state index in [4.69, 9.17) is 11.0 Å². The molecule has 0 unspecified atom stereocenters. The van der Waals surface area contributed by atoms with Crippen LogP contribution in [0.3, 0.4) is 0 Å². The van der Waals surface area contributed by atoms with E-state index in [1.54, 1.807) is 11.8 Å². The number of hydrogen-bond donors (Lipinski definition) is 1. The Morgan fingerprint density at radius 2 is 2.22 bits per heavy atom. The normalized spacial score (nSPS) is 10.3. The molecule has 0 spiro atoms. The number of anilines is 1. The number of aryl methyl sites for hydroxylation is 2. The number of aromatic nitrogens is 2. The molecule has 4 nitrogen and oxygen atoms in total. The molecule has 0 aliphatic carbocycles. The minimum absolute atomic E-state index is 0.338. The predicted octanol–water partition coefficient (Wildman–Crippen LogP) is 2.53. The molecule has 2 aromatic rings. The molecule has 0 amide bonds. The van der Waals surface area contributed by atoms with Crippen molar-refractivity contribution >= 4 is 17.4 Å². The largest absolute Gasteiger partial charge is 0.398 e. The first kappa shape index (κ1) is 12.5. The van der Waals surface area contributed by atoms with Crippen LogP contribution in [0.4, 0.5) is 5.69 Å². The van der Waals surface area contributed by atoms with Gasteiger partial charge in [-0.15, -0.1) is 0 Å². The fraction of sp³-hybridized carbons (Fsp3) is 0.231. The number of rotatable bonds is 3. The van der Waals surface area contributed by atoms with Gasteiger partial charge in [-0.3, -0.25) is 4.68 Å². The van der Waals surface area contributed by atoms with Crippen LogP contribution in [0.2, 0.25) is 0 Å². The highest BCUT2D eigenvalue weighted by atomic mass is 32.2. The summed E-state index contributed by atoms with van der Waals surface area (Å²) in [6.45, 7) is 1.97. The molecule has 0 atom stereocenters. The summed E-state index contributed by atoms with van der Waals surface area (Å²) in [6, 6.07) is 9.93. The molecular weight excluding hydrogens is 244 g/mol. The highest BCUT2D eigenvalue weighted by Crippen LogP contribution is 2.30. The zero-order chi connectivity index (χ0) is 13.1. The monoisotopic (exact) mass is 258 g/mol. The summed E-state index contributed by atoms with van der Waals surface area (Å²) in [5.74, 6) is 0. The molecule has 0 aliphatic rings. The van der Waals surface area contributed by atoms with Gasteiger partial charge in [0.25, 0.3) is 0 Å². The number of benzene rings is 1. The van der Waals surface area contributed by atoms with E-state index in [2.05, 4.69) is 11.2 Å². The van der Waals surface area contributed by atoms with Gasteiger partial charge >= 0.3 is 0 Å². The van der Waals surface area contributed by atoms with Crippen molar-refractivity contribution in [2.24, 2.45) is 7.05 Å². The second kappa shape index (κ2) is 5.15. The minimum Gasteiger partial charge on any atom is -0.398 e. The summed E-state index contributed by atoms with van der Waals surface area (Å²) in [4.78, 5) is 1.07. The van der Waals surface area contributed by atoms with E-state index >= 15 is 0 Å². The first-order valence-electron chi connectivity index (χ1n) is 5.54. The summed E-state index contributed by atoms with van der Waals surface area (Å²) in [7, 11) is 1.92. The van der Waals surface area contributed by atoms with Gasteiger partial charge < -0.3 is 5.73 Å². The molecule has 18 heavy (non-hydrogen) atoms. The van der Waals surface area contributed by atoms with Crippen LogP contribution in [0.25, 0.3) is 0 Å². The number of nitrogen functional groups attached to an aromatic ring is 1. The van der Waals surface area contributed by atoms with E-state index in [0.29, 0.717) is 12.1 Å². The topological polar surface area (TPSA) is 67.6 Å². The van der Waals surface area contributed by atoms with Gasteiger partial charge in [-0.25, -0.2) is 0 Å². The fourth-order valence-corrected chi connectivity index (χ4v) is 2.67. The van der Waals surface area contributed by atoms with Crippen LogP contribution < -0.4 is 5.73 Å². The Labute approximate surface area is 110 Å². The van der Waals surface area contributed by atoms with E-state index in [1.807, 2.05) is 42.9 Å². The van der Waals surface area contributed by atoms with Crippen LogP contribution in [-0.4, -0.2) is 9.78 Å².